The van der Waals surface area contributed by atoms with Crippen LogP contribution in [0, 0.1) is 19.8 Å². The van der Waals surface area contributed by atoms with E-state index in [1.165, 1.54) is 0 Å². The van der Waals surface area contributed by atoms with Crippen LogP contribution in [0.4, 0.5) is 0 Å². The molecule has 116 valence electrons. The van der Waals surface area contributed by atoms with Gasteiger partial charge in [-0.05, 0) is 32.4 Å². The Kier molecular flexibility index (Phi) is 5.07. The average Bonchev–Trinajstić information content (AvgIpc) is 2.94. The molecule has 0 aliphatic rings. The second kappa shape index (κ2) is 6.80. The highest BCUT2D eigenvalue weighted by Gasteiger charge is 2.13. The molecule has 0 fully saturated rings. The number of nitrogens with one attached hydrogen (secondary N) is 1. The molecule has 21 heavy (non-hydrogen) atoms. The molecule has 2 aromatic rings. The Balaban J connectivity index is 1.96. The fourth-order valence-electron chi connectivity index (χ4n) is 2.25. The van der Waals surface area contributed by atoms with Crippen LogP contribution in [0.1, 0.15) is 36.6 Å². The molecule has 5 nitrogen and oxygen atoms in total. The zero-order chi connectivity index (χ0) is 15.4. The first kappa shape index (κ1) is 15.6. The molecule has 0 saturated heterocycles. The van der Waals surface area contributed by atoms with E-state index in [4.69, 9.17) is 9.15 Å². The highest BCUT2D eigenvalue weighted by atomic mass is 16.5. The molecule has 0 bridgehead atoms. The van der Waals surface area contributed by atoms with Gasteiger partial charge in [0.25, 0.3) is 0 Å². The standard InChI is InChI=1S/C16H25N3O2/c1-11(2)8-17-9-14-6-7-20-15(14)10-21-16-12(3)18-19(5)13(16)4/h6-7,11,17H,8-10H2,1-5H3. The van der Waals surface area contributed by atoms with E-state index in [-0.39, 0.29) is 0 Å². The SMILES string of the molecule is Cc1nn(C)c(C)c1OCc1occc1CNCC(C)C. The fraction of sp³-hybridized carbons (Fsp3) is 0.562. The molecule has 0 aliphatic carbocycles. The molecule has 0 atom stereocenters. The number of nitrogens with zero attached hydrogens (tertiary/aromatic N) is 2. The monoisotopic (exact) mass is 291 g/mol. The maximum absolute atomic E-state index is 5.90. The predicted molar refractivity (Wildman–Crippen MR) is 82.3 cm³/mol. The smallest absolute Gasteiger partial charge is 0.163 e. The minimum absolute atomic E-state index is 0.430. The lowest BCUT2D eigenvalue weighted by molar-refractivity contribution is 0.264. The minimum atomic E-state index is 0.430. The highest BCUT2D eigenvalue weighted by Crippen LogP contribution is 2.23. The van der Waals surface area contributed by atoms with E-state index in [1.807, 2.05) is 31.6 Å². The zero-order valence-corrected chi connectivity index (χ0v) is 13.6. The van der Waals surface area contributed by atoms with E-state index in [9.17, 15) is 0 Å². The van der Waals surface area contributed by atoms with Gasteiger partial charge in [0, 0.05) is 19.2 Å². The van der Waals surface area contributed by atoms with Crippen molar-refractivity contribution < 1.29 is 9.15 Å². The first-order valence-electron chi connectivity index (χ1n) is 7.38. The Bertz CT molecular complexity index is 584. The summed E-state index contributed by atoms with van der Waals surface area (Å²) in [6, 6.07) is 2.00. The van der Waals surface area contributed by atoms with Crippen LogP contribution < -0.4 is 10.1 Å². The number of furan rings is 1. The normalized spacial score (nSPS) is 11.3. The molecule has 0 amide bonds. The van der Waals surface area contributed by atoms with Crippen molar-refractivity contribution >= 4 is 0 Å². The van der Waals surface area contributed by atoms with Crippen molar-refractivity contribution in [2.24, 2.45) is 13.0 Å². The van der Waals surface area contributed by atoms with Gasteiger partial charge in [0.2, 0.25) is 0 Å². The molecule has 0 spiro atoms. The van der Waals surface area contributed by atoms with Crippen LogP contribution >= 0.6 is 0 Å². The maximum atomic E-state index is 5.90. The van der Waals surface area contributed by atoms with Crippen LogP contribution in [0.25, 0.3) is 0 Å². The van der Waals surface area contributed by atoms with Crippen molar-refractivity contribution in [3.05, 3.63) is 35.0 Å². The number of hydrogen-bond acceptors (Lipinski definition) is 4. The van der Waals surface area contributed by atoms with Crippen LogP contribution in [-0.4, -0.2) is 16.3 Å². The van der Waals surface area contributed by atoms with Gasteiger partial charge in [-0.3, -0.25) is 4.68 Å². The summed E-state index contributed by atoms with van der Waals surface area (Å²) in [5.41, 5.74) is 3.08. The number of aromatic nitrogens is 2. The van der Waals surface area contributed by atoms with Gasteiger partial charge < -0.3 is 14.5 Å². The molecule has 0 aromatic carbocycles. The molecular formula is C16H25N3O2. The van der Waals surface area contributed by atoms with Gasteiger partial charge in [0.05, 0.1) is 12.0 Å². The minimum Gasteiger partial charge on any atom is -0.482 e. The largest absolute Gasteiger partial charge is 0.482 e. The summed E-state index contributed by atoms with van der Waals surface area (Å²) in [7, 11) is 1.92. The predicted octanol–water partition coefficient (Wildman–Crippen LogP) is 2.95. The van der Waals surface area contributed by atoms with E-state index in [2.05, 4.69) is 24.3 Å². The van der Waals surface area contributed by atoms with Crippen molar-refractivity contribution in [1.29, 1.82) is 0 Å². The molecule has 5 heteroatoms. The van der Waals surface area contributed by atoms with Gasteiger partial charge in [0.1, 0.15) is 18.1 Å². The van der Waals surface area contributed by atoms with Crippen molar-refractivity contribution in [2.45, 2.75) is 40.8 Å². The summed E-state index contributed by atoms with van der Waals surface area (Å²) in [6.45, 7) is 10.6. The lowest BCUT2D eigenvalue weighted by Crippen LogP contribution is -2.19. The van der Waals surface area contributed by atoms with Crippen molar-refractivity contribution in [1.82, 2.24) is 15.1 Å². The van der Waals surface area contributed by atoms with E-state index in [1.54, 1.807) is 6.26 Å². The van der Waals surface area contributed by atoms with E-state index >= 15 is 0 Å². The fourth-order valence-corrected chi connectivity index (χ4v) is 2.25. The average molecular weight is 291 g/mol. The van der Waals surface area contributed by atoms with Crippen LogP contribution in [0.5, 0.6) is 5.75 Å². The first-order valence-corrected chi connectivity index (χ1v) is 7.38. The molecular weight excluding hydrogens is 266 g/mol. The maximum Gasteiger partial charge on any atom is 0.163 e. The first-order chi connectivity index (χ1) is 9.99. The Morgan fingerprint density at radius 3 is 2.76 bits per heavy atom. The molecule has 0 unspecified atom stereocenters. The Morgan fingerprint density at radius 2 is 2.14 bits per heavy atom. The third-order valence-corrected chi connectivity index (χ3v) is 3.50. The molecule has 0 radical (unpaired) electrons. The van der Waals surface area contributed by atoms with Crippen LogP contribution in [0.2, 0.25) is 0 Å². The van der Waals surface area contributed by atoms with E-state index in [0.29, 0.717) is 12.5 Å². The number of rotatable bonds is 7. The zero-order valence-electron chi connectivity index (χ0n) is 13.6. The summed E-state index contributed by atoms with van der Waals surface area (Å²) in [6.07, 6.45) is 1.72. The molecule has 0 aliphatic heterocycles. The van der Waals surface area contributed by atoms with Gasteiger partial charge in [-0.25, -0.2) is 0 Å². The quantitative estimate of drug-likeness (QED) is 0.852. The summed E-state index contributed by atoms with van der Waals surface area (Å²) < 4.78 is 13.3. The van der Waals surface area contributed by atoms with Crippen molar-refractivity contribution in [3.8, 4) is 5.75 Å². The lowest BCUT2D eigenvalue weighted by atomic mass is 10.2. The Morgan fingerprint density at radius 1 is 1.38 bits per heavy atom. The van der Waals surface area contributed by atoms with Crippen LogP contribution in [-0.2, 0) is 20.2 Å². The summed E-state index contributed by atoms with van der Waals surface area (Å²) in [5.74, 6) is 2.35. The van der Waals surface area contributed by atoms with Gasteiger partial charge in [-0.1, -0.05) is 13.8 Å². The van der Waals surface area contributed by atoms with Crippen molar-refractivity contribution in [3.63, 3.8) is 0 Å². The van der Waals surface area contributed by atoms with E-state index in [0.717, 1.165) is 41.6 Å². The third-order valence-electron chi connectivity index (χ3n) is 3.50. The highest BCUT2D eigenvalue weighted by molar-refractivity contribution is 5.32. The third kappa shape index (κ3) is 3.88. The number of ether oxygens (including phenoxy) is 1. The van der Waals surface area contributed by atoms with Crippen LogP contribution in [0.3, 0.4) is 0 Å². The molecule has 2 rings (SSSR count). The van der Waals surface area contributed by atoms with E-state index < -0.39 is 0 Å². The molecule has 0 saturated carbocycles. The van der Waals surface area contributed by atoms with Gasteiger partial charge in [-0.2, -0.15) is 5.10 Å². The molecule has 1 N–H and O–H groups in total. The number of aryl methyl sites for hydroxylation is 2. The molecule has 2 heterocycles. The summed E-state index contributed by atoms with van der Waals surface area (Å²) in [4.78, 5) is 0. The topological polar surface area (TPSA) is 52.2 Å². The summed E-state index contributed by atoms with van der Waals surface area (Å²) in [5, 5.41) is 7.77. The van der Waals surface area contributed by atoms with Crippen LogP contribution in [0.15, 0.2) is 16.7 Å². The second-order valence-corrected chi connectivity index (χ2v) is 5.81. The van der Waals surface area contributed by atoms with Gasteiger partial charge >= 0.3 is 0 Å². The Labute approximate surface area is 126 Å². The van der Waals surface area contributed by atoms with Crippen molar-refractivity contribution in [2.75, 3.05) is 6.54 Å². The molecule has 2 aromatic heterocycles. The lowest BCUT2D eigenvalue weighted by Gasteiger charge is -2.09. The summed E-state index contributed by atoms with van der Waals surface area (Å²) >= 11 is 0. The van der Waals surface area contributed by atoms with Gasteiger partial charge in [0.15, 0.2) is 5.75 Å². The second-order valence-electron chi connectivity index (χ2n) is 5.81. The number of hydrogen-bond donors (Lipinski definition) is 1. The van der Waals surface area contributed by atoms with Gasteiger partial charge in [-0.15, -0.1) is 0 Å². The Hall–Kier alpha value is -1.75.